The molecule has 1 spiro atoms. The predicted molar refractivity (Wildman–Crippen MR) is 102 cm³/mol. The van der Waals surface area contributed by atoms with Gasteiger partial charge in [-0.3, -0.25) is 4.90 Å². The Morgan fingerprint density at radius 1 is 1.15 bits per heavy atom. The van der Waals surface area contributed by atoms with Gasteiger partial charge in [0.05, 0.1) is 26.4 Å². The van der Waals surface area contributed by atoms with E-state index in [-0.39, 0.29) is 5.60 Å². The van der Waals surface area contributed by atoms with Crippen LogP contribution in [0.15, 0.2) is 50.8 Å². The maximum atomic E-state index is 6.08. The number of nitrogens with zero attached hydrogens (tertiary/aromatic N) is 1. The van der Waals surface area contributed by atoms with Crippen LogP contribution in [0, 0.1) is 6.92 Å². The monoisotopic (exact) mass is 374 g/mol. The number of benzene rings is 1. The molecule has 1 aromatic heterocycles. The van der Waals surface area contributed by atoms with Crippen LogP contribution in [-0.4, -0.2) is 56.5 Å². The first-order valence-electron chi connectivity index (χ1n) is 9.19. The maximum absolute atomic E-state index is 6.08. The van der Waals surface area contributed by atoms with E-state index in [9.17, 15) is 0 Å². The molecule has 26 heavy (non-hydrogen) atoms. The third kappa shape index (κ3) is 4.50. The molecular formula is C20H26N2O3S. The molecule has 0 unspecified atom stereocenters. The molecule has 3 heterocycles. The molecule has 2 fully saturated rings. The van der Waals surface area contributed by atoms with E-state index in [4.69, 9.17) is 13.9 Å². The summed E-state index contributed by atoms with van der Waals surface area (Å²) < 4.78 is 17.9. The van der Waals surface area contributed by atoms with Crippen molar-refractivity contribution in [2.45, 2.75) is 29.1 Å². The SMILES string of the molecule is Cc1ccc(Sc2ccc(CN3CCO[C@@]4(CNCCOC4)C3)o2)cc1. The Hall–Kier alpha value is -1.31. The Morgan fingerprint density at radius 3 is 2.92 bits per heavy atom. The van der Waals surface area contributed by atoms with Gasteiger partial charge in [0.15, 0.2) is 5.09 Å². The second kappa shape index (κ2) is 8.15. The van der Waals surface area contributed by atoms with E-state index in [1.165, 1.54) is 10.5 Å². The number of ether oxygens (including phenoxy) is 2. The Bertz CT molecular complexity index is 708. The second-order valence-electron chi connectivity index (χ2n) is 7.11. The summed E-state index contributed by atoms with van der Waals surface area (Å²) in [4.78, 5) is 3.60. The Balaban J connectivity index is 1.36. The number of aryl methyl sites for hydroxylation is 1. The molecule has 140 valence electrons. The van der Waals surface area contributed by atoms with Crippen molar-refractivity contribution in [3.8, 4) is 0 Å². The zero-order valence-electron chi connectivity index (χ0n) is 15.2. The van der Waals surface area contributed by atoms with Gasteiger partial charge in [-0.25, -0.2) is 0 Å². The quantitative estimate of drug-likeness (QED) is 0.888. The van der Waals surface area contributed by atoms with Gasteiger partial charge in [0, 0.05) is 31.1 Å². The van der Waals surface area contributed by atoms with E-state index in [1.807, 2.05) is 0 Å². The average Bonchev–Trinajstić information content (AvgIpc) is 2.95. The first kappa shape index (κ1) is 18.1. The van der Waals surface area contributed by atoms with Gasteiger partial charge in [0.1, 0.15) is 11.4 Å². The van der Waals surface area contributed by atoms with Crippen LogP contribution in [0.5, 0.6) is 0 Å². The highest BCUT2D eigenvalue weighted by atomic mass is 32.2. The minimum Gasteiger partial charge on any atom is -0.453 e. The van der Waals surface area contributed by atoms with Gasteiger partial charge in [-0.2, -0.15) is 0 Å². The third-order valence-electron chi connectivity index (χ3n) is 4.82. The number of hydrogen-bond donors (Lipinski definition) is 1. The summed E-state index contributed by atoms with van der Waals surface area (Å²) in [6.07, 6.45) is 0. The molecule has 5 nitrogen and oxygen atoms in total. The minimum atomic E-state index is -0.235. The topological polar surface area (TPSA) is 46.9 Å². The summed E-state index contributed by atoms with van der Waals surface area (Å²) in [5, 5.41) is 4.36. The van der Waals surface area contributed by atoms with E-state index in [0.29, 0.717) is 6.61 Å². The smallest absolute Gasteiger partial charge is 0.165 e. The van der Waals surface area contributed by atoms with Crippen molar-refractivity contribution in [1.29, 1.82) is 0 Å². The third-order valence-corrected chi connectivity index (χ3v) is 5.75. The lowest BCUT2D eigenvalue weighted by atomic mass is 10.0. The van der Waals surface area contributed by atoms with Crippen molar-refractivity contribution < 1.29 is 13.9 Å². The van der Waals surface area contributed by atoms with Crippen molar-refractivity contribution in [3.63, 3.8) is 0 Å². The number of hydrogen-bond acceptors (Lipinski definition) is 6. The van der Waals surface area contributed by atoms with Crippen LogP contribution in [0.3, 0.4) is 0 Å². The van der Waals surface area contributed by atoms with Gasteiger partial charge in [0.2, 0.25) is 0 Å². The van der Waals surface area contributed by atoms with E-state index in [0.717, 1.165) is 56.8 Å². The Kier molecular flexibility index (Phi) is 5.66. The average molecular weight is 375 g/mol. The van der Waals surface area contributed by atoms with Crippen LogP contribution in [0.2, 0.25) is 0 Å². The highest BCUT2D eigenvalue weighted by Gasteiger charge is 2.38. The first-order chi connectivity index (χ1) is 12.7. The molecule has 0 aliphatic carbocycles. The summed E-state index contributed by atoms with van der Waals surface area (Å²) in [6, 6.07) is 12.7. The van der Waals surface area contributed by atoms with E-state index < -0.39 is 0 Å². The van der Waals surface area contributed by atoms with Gasteiger partial charge < -0.3 is 19.2 Å². The first-order valence-corrected chi connectivity index (χ1v) is 10.0. The molecule has 0 saturated carbocycles. The van der Waals surface area contributed by atoms with Gasteiger partial charge in [0.25, 0.3) is 0 Å². The largest absolute Gasteiger partial charge is 0.453 e. The molecule has 1 aromatic carbocycles. The molecule has 0 amide bonds. The van der Waals surface area contributed by atoms with Crippen molar-refractivity contribution in [2.75, 3.05) is 46.0 Å². The van der Waals surface area contributed by atoms with Crippen LogP contribution in [0.4, 0.5) is 0 Å². The van der Waals surface area contributed by atoms with E-state index >= 15 is 0 Å². The molecule has 0 radical (unpaired) electrons. The van der Waals surface area contributed by atoms with Gasteiger partial charge >= 0.3 is 0 Å². The molecule has 0 bridgehead atoms. The molecule has 1 N–H and O–H groups in total. The summed E-state index contributed by atoms with van der Waals surface area (Å²) in [7, 11) is 0. The fourth-order valence-corrected chi connectivity index (χ4v) is 4.25. The van der Waals surface area contributed by atoms with Crippen LogP contribution in [-0.2, 0) is 16.0 Å². The highest BCUT2D eigenvalue weighted by Crippen LogP contribution is 2.30. The van der Waals surface area contributed by atoms with Crippen molar-refractivity contribution in [2.24, 2.45) is 0 Å². The number of furan rings is 1. The number of morpholine rings is 1. The molecule has 2 aliphatic heterocycles. The Labute approximate surface area is 159 Å². The zero-order valence-corrected chi connectivity index (χ0v) is 16.0. The molecule has 2 aromatic rings. The molecule has 1 atom stereocenters. The zero-order chi connectivity index (χ0) is 17.8. The molecule has 4 rings (SSSR count). The summed E-state index contributed by atoms with van der Waals surface area (Å²) >= 11 is 1.66. The van der Waals surface area contributed by atoms with Crippen molar-refractivity contribution in [3.05, 3.63) is 47.7 Å². The normalized spacial score (nSPS) is 24.7. The van der Waals surface area contributed by atoms with E-state index in [2.05, 4.69) is 53.5 Å². The summed E-state index contributed by atoms with van der Waals surface area (Å²) in [5.41, 5.74) is 1.04. The minimum absolute atomic E-state index is 0.235. The number of rotatable bonds is 4. The van der Waals surface area contributed by atoms with Gasteiger partial charge in [-0.05, 0) is 31.2 Å². The maximum Gasteiger partial charge on any atom is 0.165 e. The van der Waals surface area contributed by atoms with Gasteiger partial charge in [-0.1, -0.05) is 29.5 Å². The molecule has 2 aliphatic rings. The Morgan fingerprint density at radius 2 is 2.04 bits per heavy atom. The highest BCUT2D eigenvalue weighted by molar-refractivity contribution is 7.99. The number of nitrogens with one attached hydrogen (secondary N) is 1. The standard InChI is InChI=1S/C20H26N2O3S/c1-16-2-5-18(6-3-16)26-19-7-4-17(25-19)12-22-9-11-24-20(14-22)13-21-8-10-23-15-20/h2-7,21H,8-15H2,1H3/t20-/m0/s1. The van der Waals surface area contributed by atoms with Crippen molar-refractivity contribution in [1.82, 2.24) is 10.2 Å². The fourth-order valence-electron chi connectivity index (χ4n) is 3.46. The van der Waals surface area contributed by atoms with E-state index in [1.54, 1.807) is 11.8 Å². The van der Waals surface area contributed by atoms with Crippen LogP contribution >= 0.6 is 11.8 Å². The van der Waals surface area contributed by atoms with Crippen molar-refractivity contribution >= 4 is 11.8 Å². The summed E-state index contributed by atoms with van der Waals surface area (Å²) in [6.45, 7) is 8.56. The second-order valence-corrected chi connectivity index (χ2v) is 8.19. The molecular weight excluding hydrogens is 348 g/mol. The summed E-state index contributed by atoms with van der Waals surface area (Å²) in [5.74, 6) is 0.999. The lowest BCUT2D eigenvalue weighted by molar-refractivity contribution is -0.136. The molecule has 6 heteroatoms. The van der Waals surface area contributed by atoms with Crippen LogP contribution in [0.1, 0.15) is 11.3 Å². The lowest BCUT2D eigenvalue weighted by Crippen LogP contribution is -2.57. The van der Waals surface area contributed by atoms with Crippen LogP contribution < -0.4 is 5.32 Å². The fraction of sp³-hybridized carbons (Fsp3) is 0.500. The lowest BCUT2D eigenvalue weighted by Gasteiger charge is -2.41. The predicted octanol–water partition coefficient (Wildman–Crippen LogP) is 2.93. The van der Waals surface area contributed by atoms with Gasteiger partial charge in [-0.15, -0.1) is 0 Å². The molecule has 2 saturated heterocycles. The van der Waals surface area contributed by atoms with Crippen LogP contribution in [0.25, 0.3) is 0 Å².